The molecular weight excluding hydrogens is 280 g/mol. The molecule has 0 radical (unpaired) electrons. The highest BCUT2D eigenvalue weighted by Crippen LogP contribution is 2.32. The van der Waals surface area contributed by atoms with Crippen molar-refractivity contribution in [3.8, 4) is 0 Å². The lowest BCUT2D eigenvalue weighted by Gasteiger charge is -2.17. The van der Waals surface area contributed by atoms with Crippen molar-refractivity contribution < 1.29 is 4.79 Å². The highest BCUT2D eigenvalue weighted by Gasteiger charge is 2.31. The normalized spacial score (nSPS) is 16.6. The van der Waals surface area contributed by atoms with E-state index in [0.717, 1.165) is 10.0 Å². The van der Waals surface area contributed by atoms with Crippen LogP contribution < -0.4 is 11.1 Å². The van der Waals surface area contributed by atoms with Gasteiger partial charge in [0.1, 0.15) is 0 Å². The first-order chi connectivity index (χ1) is 8.13. The Morgan fingerprint density at radius 1 is 1.59 bits per heavy atom. The summed E-state index contributed by atoms with van der Waals surface area (Å²) in [6.07, 6.45) is 2.36. The second-order valence-corrected chi connectivity index (χ2v) is 5.38. The van der Waals surface area contributed by atoms with Crippen LogP contribution in [0.1, 0.15) is 28.8 Å². The lowest BCUT2D eigenvalue weighted by Crippen LogP contribution is -2.41. The first kappa shape index (κ1) is 12.6. The molecular formula is C13H17BrN2O. The van der Waals surface area contributed by atoms with E-state index in [9.17, 15) is 4.79 Å². The predicted octanol–water partition coefficient (Wildman–Crippen LogP) is 2.22. The van der Waals surface area contributed by atoms with Gasteiger partial charge < -0.3 is 11.1 Å². The van der Waals surface area contributed by atoms with Crippen molar-refractivity contribution in [2.45, 2.75) is 25.8 Å². The molecule has 0 spiro atoms. The molecule has 1 atom stereocenters. The Balaban J connectivity index is 2.11. The van der Waals surface area contributed by atoms with E-state index in [1.807, 2.05) is 25.1 Å². The number of nitrogens with two attached hydrogens (primary N) is 1. The summed E-state index contributed by atoms with van der Waals surface area (Å²) in [5.41, 5.74) is 7.43. The van der Waals surface area contributed by atoms with Gasteiger partial charge in [-0.3, -0.25) is 4.79 Å². The summed E-state index contributed by atoms with van der Waals surface area (Å²) in [5, 5.41) is 3.02. The molecule has 0 saturated heterocycles. The first-order valence-electron chi connectivity index (χ1n) is 5.89. The van der Waals surface area contributed by atoms with Crippen molar-refractivity contribution in [3.63, 3.8) is 0 Å². The zero-order chi connectivity index (χ0) is 12.4. The van der Waals surface area contributed by atoms with Crippen LogP contribution in [0.15, 0.2) is 22.7 Å². The Morgan fingerprint density at radius 3 is 2.88 bits per heavy atom. The van der Waals surface area contributed by atoms with E-state index in [1.54, 1.807) is 0 Å². The maximum atomic E-state index is 12.1. The van der Waals surface area contributed by atoms with Gasteiger partial charge in [-0.05, 0) is 53.2 Å². The highest BCUT2D eigenvalue weighted by atomic mass is 79.9. The topological polar surface area (TPSA) is 55.1 Å². The molecule has 1 aliphatic rings. The molecule has 2 rings (SSSR count). The molecule has 1 aromatic carbocycles. The average Bonchev–Trinajstić information content (AvgIpc) is 3.13. The van der Waals surface area contributed by atoms with Gasteiger partial charge in [0.25, 0.3) is 5.91 Å². The average molecular weight is 297 g/mol. The lowest BCUT2D eigenvalue weighted by atomic mass is 10.1. The zero-order valence-electron chi connectivity index (χ0n) is 9.87. The maximum absolute atomic E-state index is 12.1. The largest absolute Gasteiger partial charge is 0.348 e. The molecule has 0 heterocycles. The molecule has 3 nitrogen and oxygen atoms in total. The van der Waals surface area contributed by atoms with Crippen LogP contribution in [0, 0.1) is 12.8 Å². The van der Waals surface area contributed by atoms with Crippen molar-refractivity contribution in [1.29, 1.82) is 0 Å². The van der Waals surface area contributed by atoms with Crippen LogP contribution in [0.3, 0.4) is 0 Å². The number of hydrogen-bond acceptors (Lipinski definition) is 2. The molecule has 4 heteroatoms. The Morgan fingerprint density at radius 2 is 2.29 bits per heavy atom. The highest BCUT2D eigenvalue weighted by molar-refractivity contribution is 9.10. The lowest BCUT2D eigenvalue weighted by molar-refractivity contribution is 0.0932. The molecule has 0 bridgehead atoms. The second-order valence-electron chi connectivity index (χ2n) is 4.59. The number of aryl methyl sites for hydroxylation is 1. The fourth-order valence-electron chi connectivity index (χ4n) is 1.94. The maximum Gasteiger partial charge on any atom is 0.252 e. The van der Waals surface area contributed by atoms with Crippen LogP contribution in [-0.4, -0.2) is 18.5 Å². The van der Waals surface area contributed by atoms with Gasteiger partial charge in [0.05, 0.1) is 5.56 Å². The minimum absolute atomic E-state index is 0.0390. The molecule has 17 heavy (non-hydrogen) atoms. The van der Waals surface area contributed by atoms with Crippen LogP contribution in [0.4, 0.5) is 0 Å². The van der Waals surface area contributed by atoms with Gasteiger partial charge in [-0.1, -0.05) is 12.1 Å². The van der Waals surface area contributed by atoms with E-state index >= 15 is 0 Å². The summed E-state index contributed by atoms with van der Waals surface area (Å²) >= 11 is 3.45. The molecule has 1 aromatic rings. The van der Waals surface area contributed by atoms with E-state index < -0.39 is 0 Å². The quantitative estimate of drug-likeness (QED) is 0.895. The minimum atomic E-state index is -0.0390. The van der Waals surface area contributed by atoms with Crippen molar-refractivity contribution in [3.05, 3.63) is 33.8 Å². The van der Waals surface area contributed by atoms with Crippen LogP contribution in [0.25, 0.3) is 0 Å². The predicted molar refractivity (Wildman–Crippen MR) is 71.9 cm³/mol. The van der Waals surface area contributed by atoms with E-state index in [2.05, 4.69) is 21.2 Å². The SMILES string of the molecule is Cc1cccc(C(=O)NC(CN)C2CC2)c1Br. The van der Waals surface area contributed by atoms with E-state index in [-0.39, 0.29) is 11.9 Å². The molecule has 1 fully saturated rings. The molecule has 3 N–H and O–H groups in total. The number of amides is 1. The zero-order valence-corrected chi connectivity index (χ0v) is 11.5. The van der Waals surface area contributed by atoms with Crippen LogP contribution in [0.5, 0.6) is 0 Å². The third kappa shape index (κ3) is 2.87. The molecule has 0 aliphatic heterocycles. The van der Waals surface area contributed by atoms with Crippen molar-refractivity contribution in [1.82, 2.24) is 5.32 Å². The summed E-state index contributed by atoms with van der Waals surface area (Å²) in [7, 11) is 0. The van der Waals surface area contributed by atoms with Crippen molar-refractivity contribution >= 4 is 21.8 Å². The minimum Gasteiger partial charge on any atom is -0.348 e. The fraction of sp³-hybridized carbons (Fsp3) is 0.462. The molecule has 92 valence electrons. The van der Waals surface area contributed by atoms with Gasteiger partial charge in [-0.15, -0.1) is 0 Å². The Hall–Kier alpha value is -0.870. The number of hydrogen-bond donors (Lipinski definition) is 2. The third-order valence-electron chi connectivity index (χ3n) is 3.20. The molecule has 1 unspecified atom stereocenters. The number of benzene rings is 1. The number of carbonyl (C=O) groups excluding carboxylic acids is 1. The van der Waals surface area contributed by atoms with Crippen molar-refractivity contribution in [2.24, 2.45) is 11.7 Å². The summed E-state index contributed by atoms with van der Waals surface area (Å²) in [6.45, 7) is 2.49. The number of halogens is 1. The number of rotatable bonds is 4. The number of nitrogens with one attached hydrogen (secondary N) is 1. The first-order valence-corrected chi connectivity index (χ1v) is 6.69. The Bertz CT molecular complexity index is 429. The van der Waals surface area contributed by atoms with Crippen LogP contribution >= 0.6 is 15.9 Å². The van der Waals surface area contributed by atoms with Gasteiger partial charge in [0.2, 0.25) is 0 Å². The third-order valence-corrected chi connectivity index (χ3v) is 4.25. The second kappa shape index (κ2) is 5.19. The van der Waals surface area contributed by atoms with Crippen molar-refractivity contribution in [2.75, 3.05) is 6.54 Å². The summed E-state index contributed by atoms with van der Waals surface area (Å²) in [4.78, 5) is 12.1. The molecule has 1 saturated carbocycles. The van der Waals surface area contributed by atoms with E-state index in [0.29, 0.717) is 18.0 Å². The summed E-state index contributed by atoms with van der Waals surface area (Å²) in [5.74, 6) is 0.537. The van der Waals surface area contributed by atoms with Gasteiger partial charge in [0.15, 0.2) is 0 Å². The van der Waals surface area contributed by atoms with Gasteiger partial charge in [-0.25, -0.2) is 0 Å². The summed E-state index contributed by atoms with van der Waals surface area (Å²) in [6, 6.07) is 5.81. The Kier molecular flexibility index (Phi) is 3.84. The monoisotopic (exact) mass is 296 g/mol. The van der Waals surface area contributed by atoms with Crippen LogP contribution in [0.2, 0.25) is 0 Å². The van der Waals surface area contributed by atoms with E-state index in [1.165, 1.54) is 12.8 Å². The molecule has 1 aliphatic carbocycles. The van der Waals surface area contributed by atoms with Gasteiger partial charge >= 0.3 is 0 Å². The standard InChI is InChI=1S/C13H17BrN2O/c1-8-3-2-4-10(12(8)14)13(17)16-11(7-15)9-5-6-9/h2-4,9,11H,5-7,15H2,1H3,(H,16,17). The fourth-order valence-corrected chi connectivity index (χ4v) is 2.38. The molecule has 0 aromatic heterocycles. The Labute approximate surface area is 110 Å². The van der Waals surface area contributed by atoms with E-state index in [4.69, 9.17) is 5.73 Å². The van der Waals surface area contributed by atoms with Gasteiger partial charge in [0, 0.05) is 17.1 Å². The molecule has 1 amide bonds. The number of carbonyl (C=O) groups is 1. The van der Waals surface area contributed by atoms with Crippen LogP contribution in [-0.2, 0) is 0 Å². The van der Waals surface area contributed by atoms with Gasteiger partial charge in [-0.2, -0.15) is 0 Å². The summed E-state index contributed by atoms with van der Waals surface area (Å²) < 4.78 is 0.865. The smallest absolute Gasteiger partial charge is 0.252 e.